The molecule has 0 saturated carbocycles. The monoisotopic (exact) mass is 566 g/mol. The quantitative estimate of drug-likeness (QED) is 0.177. The van der Waals surface area contributed by atoms with Crippen LogP contribution in [0.3, 0.4) is 0 Å². The predicted molar refractivity (Wildman–Crippen MR) is 167 cm³/mol. The molecule has 2 aliphatic carbocycles. The van der Waals surface area contributed by atoms with Crippen LogP contribution in [0.4, 0.5) is 0 Å². The Hall–Kier alpha value is -0.506. The van der Waals surface area contributed by atoms with Gasteiger partial charge in [0.2, 0.25) is 0 Å². The maximum atomic E-state index is 2.67. The van der Waals surface area contributed by atoms with Gasteiger partial charge in [0, 0.05) is 0 Å². The summed E-state index contributed by atoms with van der Waals surface area (Å²) < 4.78 is 1.35. The van der Waals surface area contributed by atoms with Gasteiger partial charge in [-0.05, 0) is 0 Å². The standard InChI is InChI=1S/2C17H24P.Ti/c2*1-5-13(3)18(14(4)6-2)17-11-15-9-7-8-10-16(15)12-17;/h2*7-14H,5-6H2,1-4H3;. The number of rotatable bonds is 12. The van der Waals surface area contributed by atoms with Crippen molar-refractivity contribution in [1.82, 2.24) is 0 Å². The van der Waals surface area contributed by atoms with E-state index in [0.29, 0.717) is 8.45 Å². The van der Waals surface area contributed by atoms with Crippen molar-refractivity contribution in [3.8, 4) is 0 Å². The zero-order chi connectivity index (χ0) is 26.7. The zero-order valence-electron chi connectivity index (χ0n) is 24.5. The van der Waals surface area contributed by atoms with Crippen molar-refractivity contribution < 1.29 is 19.2 Å². The van der Waals surface area contributed by atoms with E-state index in [1.807, 2.05) is 10.6 Å². The second-order valence-corrected chi connectivity index (χ2v) is 19.8. The third-order valence-corrected chi connectivity index (χ3v) is 20.0. The molecule has 0 aromatic heterocycles. The van der Waals surface area contributed by atoms with Crippen molar-refractivity contribution >= 4 is 28.0 Å². The Labute approximate surface area is 239 Å². The number of benzene rings is 2. The topological polar surface area (TPSA) is 0 Å². The van der Waals surface area contributed by atoms with Crippen LogP contribution >= 0.6 is 15.8 Å². The van der Waals surface area contributed by atoms with Crippen LogP contribution in [0, 0.1) is 0 Å². The van der Waals surface area contributed by atoms with Crippen LogP contribution in [0.25, 0.3) is 12.2 Å². The van der Waals surface area contributed by atoms with Crippen LogP contribution in [0.2, 0.25) is 0 Å². The SMILES string of the molecule is CCC(C)P(C1=Cc2ccccc2[CH]1[Ti][CH]1C(P(C(C)CC)C(C)CC)=Cc2ccccc21)C(C)CC. The molecule has 0 aliphatic heterocycles. The first kappa shape index (κ1) is 29.5. The molecule has 2 aromatic carbocycles. The molecule has 0 nitrogen and oxygen atoms in total. The van der Waals surface area contributed by atoms with E-state index in [1.165, 1.54) is 36.8 Å². The average molecular weight is 567 g/mol. The fourth-order valence-corrected chi connectivity index (χ4v) is 17.8. The Kier molecular flexibility index (Phi) is 10.5. The van der Waals surface area contributed by atoms with Crippen molar-refractivity contribution in [2.75, 3.05) is 0 Å². The first-order valence-corrected chi connectivity index (χ1v) is 19.6. The van der Waals surface area contributed by atoms with E-state index in [0.717, 1.165) is 22.6 Å². The van der Waals surface area contributed by atoms with Gasteiger partial charge >= 0.3 is 241 Å². The fraction of sp³-hybridized carbons (Fsp3) is 0.529. The van der Waals surface area contributed by atoms with Crippen LogP contribution in [0.1, 0.15) is 112 Å². The van der Waals surface area contributed by atoms with Gasteiger partial charge in [-0.3, -0.25) is 0 Å². The van der Waals surface area contributed by atoms with E-state index < -0.39 is 0 Å². The predicted octanol–water partition coefficient (Wildman–Crippen LogP) is 11.4. The molecule has 2 aliphatic rings. The van der Waals surface area contributed by atoms with E-state index in [4.69, 9.17) is 0 Å². The summed E-state index contributed by atoms with van der Waals surface area (Å²) in [5.74, 6) is 0. The molecule has 3 heteroatoms. The van der Waals surface area contributed by atoms with Crippen molar-refractivity contribution in [2.45, 2.75) is 112 Å². The molecular weight excluding hydrogens is 518 g/mol. The number of fused-ring (bicyclic) bond motifs is 2. The number of allylic oxidation sites excluding steroid dienone is 2. The van der Waals surface area contributed by atoms with Gasteiger partial charge in [-0.2, -0.15) is 0 Å². The summed E-state index contributed by atoms with van der Waals surface area (Å²) in [6.07, 6.45) is 10.5. The minimum atomic E-state index is -0.323. The summed E-state index contributed by atoms with van der Waals surface area (Å²) >= 11 is -0.323. The molecule has 0 spiro atoms. The normalized spacial score (nSPS) is 23.2. The molecule has 6 unspecified atom stereocenters. The molecule has 0 fully saturated rings. The van der Waals surface area contributed by atoms with E-state index in [2.05, 4.69) is 116 Å². The van der Waals surface area contributed by atoms with Crippen molar-refractivity contribution in [2.24, 2.45) is 0 Å². The van der Waals surface area contributed by atoms with Gasteiger partial charge in [0.25, 0.3) is 0 Å². The van der Waals surface area contributed by atoms with Crippen LogP contribution in [-0.4, -0.2) is 22.6 Å². The third-order valence-electron chi connectivity index (χ3n) is 9.00. The van der Waals surface area contributed by atoms with Gasteiger partial charge in [-0.1, -0.05) is 0 Å². The zero-order valence-corrected chi connectivity index (χ0v) is 27.8. The van der Waals surface area contributed by atoms with E-state index in [1.54, 1.807) is 11.1 Å². The molecule has 0 heterocycles. The molecule has 0 radical (unpaired) electrons. The second-order valence-electron chi connectivity index (χ2n) is 11.3. The molecule has 0 saturated heterocycles. The fourth-order valence-electron chi connectivity index (χ4n) is 6.25. The molecule has 6 atom stereocenters. The van der Waals surface area contributed by atoms with Gasteiger partial charge in [0.1, 0.15) is 0 Å². The number of hydrogen-bond acceptors (Lipinski definition) is 0. The Morgan fingerprint density at radius 1 is 0.568 bits per heavy atom. The second kappa shape index (κ2) is 13.2. The van der Waals surface area contributed by atoms with E-state index >= 15 is 0 Å². The van der Waals surface area contributed by atoms with Gasteiger partial charge in [0.15, 0.2) is 0 Å². The van der Waals surface area contributed by atoms with Gasteiger partial charge in [-0.25, -0.2) is 0 Å². The molecular formula is C34H48P2Ti. The summed E-state index contributed by atoms with van der Waals surface area (Å²) in [4.78, 5) is 0. The number of hydrogen-bond donors (Lipinski definition) is 0. The maximum absolute atomic E-state index is 2.67. The first-order chi connectivity index (χ1) is 17.9. The van der Waals surface area contributed by atoms with Crippen LogP contribution in [-0.2, 0) is 19.2 Å². The molecule has 37 heavy (non-hydrogen) atoms. The van der Waals surface area contributed by atoms with Crippen LogP contribution in [0.15, 0.2) is 59.2 Å². The average Bonchev–Trinajstić information content (AvgIpc) is 3.46. The molecule has 2 aromatic rings. The summed E-state index contributed by atoms with van der Waals surface area (Å²) in [5, 5.41) is 3.69. The van der Waals surface area contributed by atoms with E-state index in [9.17, 15) is 0 Å². The Balaban J connectivity index is 1.80. The van der Waals surface area contributed by atoms with Crippen LogP contribution in [0.5, 0.6) is 0 Å². The van der Waals surface area contributed by atoms with Crippen molar-refractivity contribution in [3.63, 3.8) is 0 Å². The summed E-state index contributed by atoms with van der Waals surface area (Å²) in [6, 6.07) is 18.9. The minimum absolute atomic E-state index is 0.140. The first-order valence-electron chi connectivity index (χ1n) is 14.8. The Bertz CT molecular complexity index is 1010. The van der Waals surface area contributed by atoms with Crippen molar-refractivity contribution in [3.05, 3.63) is 81.4 Å². The Morgan fingerprint density at radius 2 is 0.892 bits per heavy atom. The van der Waals surface area contributed by atoms with Crippen LogP contribution < -0.4 is 0 Å². The molecule has 198 valence electrons. The summed E-state index contributed by atoms with van der Waals surface area (Å²) in [5.41, 5.74) is 9.52. The molecule has 0 amide bonds. The molecule has 0 N–H and O–H groups in total. The Morgan fingerprint density at radius 3 is 1.22 bits per heavy atom. The van der Waals surface area contributed by atoms with Crippen molar-refractivity contribution in [1.29, 1.82) is 0 Å². The van der Waals surface area contributed by atoms with Gasteiger partial charge in [0.05, 0.1) is 0 Å². The van der Waals surface area contributed by atoms with Gasteiger partial charge < -0.3 is 0 Å². The van der Waals surface area contributed by atoms with E-state index in [-0.39, 0.29) is 35.0 Å². The summed E-state index contributed by atoms with van der Waals surface area (Å²) in [7, 11) is -0.280. The third kappa shape index (κ3) is 6.00. The molecule has 4 rings (SSSR count). The summed E-state index contributed by atoms with van der Waals surface area (Å²) in [6.45, 7) is 19.8. The van der Waals surface area contributed by atoms with Gasteiger partial charge in [-0.15, -0.1) is 0 Å². The molecule has 0 bridgehead atoms.